The number of benzene rings is 1. The zero-order chi connectivity index (χ0) is 13.3. The fourth-order valence-corrected chi connectivity index (χ4v) is 2.00. The average Bonchev–Trinajstić information content (AvgIpc) is 2.77. The van der Waals surface area contributed by atoms with Crippen molar-refractivity contribution < 1.29 is 13.2 Å². The Morgan fingerprint density at radius 1 is 1.17 bits per heavy atom. The largest absolute Gasteiger partial charge is 0.469 e. The predicted molar refractivity (Wildman–Crippen MR) is 65.4 cm³/mol. The van der Waals surface area contributed by atoms with Crippen molar-refractivity contribution in [2.75, 3.05) is 7.05 Å². The molecule has 2 aromatic rings. The Labute approximate surface area is 105 Å². The lowest BCUT2D eigenvalue weighted by Gasteiger charge is -2.16. The molecule has 1 unspecified atom stereocenters. The fourth-order valence-electron chi connectivity index (χ4n) is 2.00. The number of nitrogens with one attached hydrogen (secondary N) is 1. The Morgan fingerprint density at radius 2 is 1.89 bits per heavy atom. The first-order valence-corrected chi connectivity index (χ1v) is 5.71. The normalized spacial score (nSPS) is 12.7. The lowest BCUT2D eigenvalue weighted by atomic mass is 9.99. The molecule has 1 heterocycles. The topological polar surface area (TPSA) is 25.2 Å². The van der Waals surface area contributed by atoms with Crippen LogP contribution in [0.5, 0.6) is 0 Å². The number of hydrogen-bond donors (Lipinski definition) is 1. The van der Waals surface area contributed by atoms with E-state index in [0.717, 1.165) is 11.3 Å². The van der Waals surface area contributed by atoms with Crippen LogP contribution in [-0.4, -0.2) is 7.05 Å². The molecular formula is C14H15F2NO. The molecule has 1 N–H and O–H groups in total. The smallest absolute Gasteiger partial charge is 0.164 e. The van der Waals surface area contributed by atoms with Crippen LogP contribution in [0, 0.1) is 25.5 Å². The van der Waals surface area contributed by atoms with Crippen LogP contribution in [0.2, 0.25) is 0 Å². The van der Waals surface area contributed by atoms with Crippen molar-refractivity contribution >= 4 is 0 Å². The zero-order valence-electron chi connectivity index (χ0n) is 10.6. The van der Waals surface area contributed by atoms with Gasteiger partial charge in [-0.2, -0.15) is 0 Å². The quantitative estimate of drug-likeness (QED) is 0.903. The van der Waals surface area contributed by atoms with E-state index in [-0.39, 0.29) is 5.56 Å². The van der Waals surface area contributed by atoms with Crippen LogP contribution in [0.3, 0.4) is 0 Å². The second-order valence-corrected chi connectivity index (χ2v) is 4.31. The maximum absolute atomic E-state index is 13.9. The summed E-state index contributed by atoms with van der Waals surface area (Å²) in [5.74, 6) is -0.876. The van der Waals surface area contributed by atoms with Crippen LogP contribution >= 0.6 is 0 Å². The van der Waals surface area contributed by atoms with Gasteiger partial charge in [-0.05, 0) is 32.5 Å². The lowest BCUT2D eigenvalue weighted by molar-refractivity contribution is 0.480. The molecule has 1 aromatic heterocycles. The molecule has 2 rings (SSSR count). The summed E-state index contributed by atoms with van der Waals surface area (Å²) >= 11 is 0. The third-order valence-corrected chi connectivity index (χ3v) is 2.99. The molecule has 96 valence electrons. The van der Waals surface area contributed by atoms with Gasteiger partial charge in [0.05, 0.1) is 12.3 Å². The first-order chi connectivity index (χ1) is 8.54. The van der Waals surface area contributed by atoms with Crippen LogP contribution in [0.1, 0.15) is 28.5 Å². The first kappa shape index (κ1) is 12.8. The highest BCUT2D eigenvalue weighted by atomic mass is 19.2. The standard InChI is InChI=1S/C14H15F2NO/c1-8-4-5-11(13(16)12(8)15)14(17-3)10-6-9(2)18-7-10/h4-7,14,17H,1-3H3. The Morgan fingerprint density at radius 3 is 2.44 bits per heavy atom. The van der Waals surface area contributed by atoms with Gasteiger partial charge in [0, 0.05) is 11.1 Å². The third-order valence-electron chi connectivity index (χ3n) is 2.99. The maximum Gasteiger partial charge on any atom is 0.164 e. The summed E-state index contributed by atoms with van der Waals surface area (Å²) in [6.07, 6.45) is 1.55. The van der Waals surface area contributed by atoms with Crippen molar-refractivity contribution in [1.82, 2.24) is 5.32 Å². The molecule has 2 nitrogen and oxygen atoms in total. The van der Waals surface area contributed by atoms with E-state index in [9.17, 15) is 8.78 Å². The molecule has 0 aliphatic carbocycles. The monoisotopic (exact) mass is 251 g/mol. The number of halogens is 2. The minimum Gasteiger partial charge on any atom is -0.469 e. The van der Waals surface area contributed by atoms with Gasteiger partial charge in [0.1, 0.15) is 5.76 Å². The molecule has 1 atom stereocenters. The van der Waals surface area contributed by atoms with Gasteiger partial charge in [0.25, 0.3) is 0 Å². The van der Waals surface area contributed by atoms with E-state index >= 15 is 0 Å². The number of furan rings is 1. The molecule has 1 aromatic carbocycles. The molecule has 0 amide bonds. The molecule has 18 heavy (non-hydrogen) atoms. The van der Waals surface area contributed by atoms with Gasteiger partial charge in [0.15, 0.2) is 11.6 Å². The lowest BCUT2D eigenvalue weighted by Crippen LogP contribution is -2.19. The summed E-state index contributed by atoms with van der Waals surface area (Å²) in [5, 5.41) is 2.97. The molecule has 0 spiro atoms. The Kier molecular flexibility index (Phi) is 3.48. The van der Waals surface area contributed by atoms with Crippen LogP contribution < -0.4 is 5.32 Å². The molecule has 0 saturated heterocycles. The summed E-state index contributed by atoms with van der Waals surface area (Å²) in [6, 6.07) is 4.55. The third kappa shape index (κ3) is 2.16. The SMILES string of the molecule is CNC(c1coc(C)c1)c1ccc(C)c(F)c1F. The minimum absolute atomic E-state index is 0.279. The molecule has 0 bridgehead atoms. The van der Waals surface area contributed by atoms with Crippen molar-refractivity contribution in [3.05, 3.63) is 58.5 Å². The molecule has 0 aliphatic rings. The van der Waals surface area contributed by atoms with E-state index in [4.69, 9.17) is 4.42 Å². The first-order valence-electron chi connectivity index (χ1n) is 5.71. The van der Waals surface area contributed by atoms with Crippen LogP contribution in [0.25, 0.3) is 0 Å². The van der Waals surface area contributed by atoms with Gasteiger partial charge in [-0.15, -0.1) is 0 Å². The van der Waals surface area contributed by atoms with Crippen LogP contribution in [0.4, 0.5) is 8.78 Å². The second kappa shape index (κ2) is 4.90. The molecule has 0 saturated carbocycles. The van der Waals surface area contributed by atoms with Gasteiger partial charge >= 0.3 is 0 Å². The van der Waals surface area contributed by atoms with Gasteiger partial charge in [0.2, 0.25) is 0 Å². The van der Waals surface area contributed by atoms with Crippen molar-refractivity contribution in [2.24, 2.45) is 0 Å². The summed E-state index contributed by atoms with van der Waals surface area (Å²) in [6.45, 7) is 3.35. The van der Waals surface area contributed by atoms with Crippen molar-refractivity contribution in [2.45, 2.75) is 19.9 Å². The number of rotatable bonds is 3. The van der Waals surface area contributed by atoms with Gasteiger partial charge in [-0.1, -0.05) is 12.1 Å². The highest BCUT2D eigenvalue weighted by molar-refractivity contribution is 5.34. The van der Waals surface area contributed by atoms with Crippen molar-refractivity contribution in [3.63, 3.8) is 0 Å². The van der Waals surface area contributed by atoms with Gasteiger partial charge in [-0.25, -0.2) is 8.78 Å². The molecule has 4 heteroatoms. The predicted octanol–water partition coefficient (Wildman–Crippen LogP) is 3.48. The number of aryl methyl sites for hydroxylation is 2. The van der Waals surface area contributed by atoms with E-state index in [0.29, 0.717) is 5.56 Å². The van der Waals surface area contributed by atoms with Crippen LogP contribution in [0.15, 0.2) is 28.9 Å². The van der Waals surface area contributed by atoms with E-state index in [2.05, 4.69) is 5.32 Å². The summed E-state index contributed by atoms with van der Waals surface area (Å²) in [5.41, 5.74) is 1.35. The molecule has 0 aliphatic heterocycles. The van der Waals surface area contributed by atoms with E-state index in [1.807, 2.05) is 6.92 Å². The number of hydrogen-bond acceptors (Lipinski definition) is 2. The van der Waals surface area contributed by atoms with Gasteiger partial charge < -0.3 is 9.73 Å². The molecular weight excluding hydrogens is 236 g/mol. The van der Waals surface area contributed by atoms with E-state index in [1.54, 1.807) is 38.4 Å². The van der Waals surface area contributed by atoms with Crippen molar-refractivity contribution in [3.8, 4) is 0 Å². The Hall–Kier alpha value is -1.68. The molecule has 0 radical (unpaired) electrons. The fraction of sp³-hybridized carbons (Fsp3) is 0.286. The van der Waals surface area contributed by atoms with E-state index in [1.165, 1.54) is 0 Å². The van der Waals surface area contributed by atoms with E-state index < -0.39 is 17.7 Å². The maximum atomic E-state index is 13.9. The highest BCUT2D eigenvalue weighted by Crippen LogP contribution is 2.27. The Bertz CT molecular complexity index is 563. The Balaban J connectivity index is 2.49. The highest BCUT2D eigenvalue weighted by Gasteiger charge is 2.21. The summed E-state index contributed by atoms with van der Waals surface area (Å²) in [7, 11) is 1.70. The van der Waals surface area contributed by atoms with Crippen LogP contribution in [-0.2, 0) is 0 Å². The molecule has 0 fully saturated rings. The van der Waals surface area contributed by atoms with Gasteiger partial charge in [-0.3, -0.25) is 0 Å². The second-order valence-electron chi connectivity index (χ2n) is 4.31. The minimum atomic E-state index is -0.812. The zero-order valence-corrected chi connectivity index (χ0v) is 10.6. The summed E-state index contributed by atoms with van der Waals surface area (Å²) in [4.78, 5) is 0. The summed E-state index contributed by atoms with van der Waals surface area (Å²) < 4.78 is 32.7. The van der Waals surface area contributed by atoms with Crippen molar-refractivity contribution in [1.29, 1.82) is 0 Å². The average molecular weight is 251 g/mol.